The largest absolute Gasteiger partial charge is 0.456 e. The number of para-hydroxylation sites is 9. The molecule has 0 saturated carbocycles. The van der Waals surface area contributed by atoms with Crippen LogP contribution in [0.15, 0.2) is 417 Å². The van der Waals surface area contributed by atoms with Gasteiger partial charge in [0.1, 0.15) is 11.2 Å². The summed E-state index contributed by atoms with van der Waals surface area (Å²) in [6.45, 7) is 0. The summed E-state index contributed by atoms with van der Waals surface area (Å²) in [6.07, 6.45) is 0. The van der Waals surface area contributed by atoms with Crippen LogP contribution in [-0.2, 0) is 0 Å². The van der Waals surface area contributed by atoms with Crippen LogP contribution in [0.1, 0.15) is 0 Å². The molecule has 8 aromatic heterocycles. The first kappa shape index (κ1) is 70.1. The maximum absolute atomic E-state index is 6.20. The van der Waals surface area contributed by atoms with E-state index in [4.69, 9.17) is 24.4 Å². The Morgan fingerprint density at radius 3 is 1.00 bits per heavy atom. The van der Waals surface area contributed by atoms with Crippen molar-refractivity contribution in [2.24, 2.45) is 0 Å². The van der Waals surface area contributed by atoms with Crippen LogP contribution < -0.4 is 0 Å². The van der Waals surface area contributed by atoms with Crippen LogP contribution in [0.4, 0.5) is 0 Å². The second-order valence-electron chi connectivity index (χ2n) is 33.0. The molecular weight excluding hydrogens is 1550 g/mol. The molecule has 0 amide bonds. The number of fused-ring (bicyclic) bond motifs is 26. The smallest absolute Gasteiger partial charge is 0.135 e. The number of rotatable bonds is 8. The van der Waals surface area contributed by atoms with E-state index in [0.29, 0.717) is 0 Å². The van der Waals surface area contributed by atoms with Crippen molar-refractivity contribution >= 4 is 206 Å². The molecule has 9 nitrogen and oxygen atoms in total. The van der Waals surface area contributed by atoms with E-state index in [1.54, 1.807) is 0 Å². The van der Waals surface area contributed by atoms with Gasteiger partial charge in [-0.15, -0.1) is 11.3 Å². The summed E-state index contributed by atoms with van der Waals surface area (Å²) in [6, 6.07) is 149. The average Bonchev–Trinajstić information content (AvgIpc) is 1.54. The lowest BCUT2D eigenvalue weighted by Gasteiger charge is -2.16. The molecule has 10 heteroatoms. The van der Waals surface area contributed by atoms with Gasteiger partial charge in [-0.1, -0.05) is 273 Å². The maximum Gasteiger partial charge on any atom is 0.135 e. The Bertz CT molecular complexity index is 8970. The molecule has 0 bridgehead atoms. The molecule has 8 heterocycles. The first-order valence-electron chi connectivity index (χ1n) is 42.8. The standard InChI is InChI=1S/C58H34N4O.C58H34N4S/c2*1-3-15-40-35(13-1)27-31-50-54(40)43-18-5-11-23-49(43)62(50)58-41-16-4-2-14-37(41)34-51-55(58)44-19-6-10-22-48(44)61(51)39-29-25-36(26-30-39)56-57(60-47-21-9-8-20-46(47)59-56)38-28-32-53-45(33-38)42-17-7-12-24-52(42)63-53/h2*1-34H. The Morgan fingerprint density at radius 2 is 0.524 bits per heavy atom. The van der Waals surface area contributed by atoms with Gasteiger partial charge in [0.05, 0.1) is 100 Å². The molecule has 584 valence electrons. The summed E-state index contributed by atoms with van der Waals surface area (Å²) in [7, 11) is 0. The topological polar surface area (TPSA) is 84.4 Å². The van der Waals surface area contributed by atoms with E-state index < -0.39 is 0 Å². The molecule has 0 saturated heterocycles. The van der Waals surface area contributed by atoms with Crippen LogP contribution in [0.3, 0.4) is 0 Å². The van der Waals surface area contributed by atoms with Gasteiger partial charge >= 0.3 is 0 Å². The van der Waals surface area contributed by atoms with E-state index in [1.807, 2.05) is 59.9 Å². The Balaban J connectivity index is 0.000000131. The van der Waals surface area contributed by atoms with Crippen LogP contribution >= 0.6 is 11.3 Å². The van der Waals surface area contributed by atoms with Crippen molar-refractivity contribution in [2.75, 3.05) is 0 Å². The highest BCUT2D eigenvalue weighted by molar-refractivity contribution is 7.25. The second-order valence-corrected chi connectivity index (χ2v) is 34.1. The lowest BCUT2D eigenvalue weighted by atomic mass is 10.0. The van der Waals surface area contributed by atoms with Gasteiger partial charge in [-0.2, -0.15) is 0 Å². The van der Waals surface area contributed by atoms with Crippen molar-refractivity contribution in [3.05, 3.63) is 413 Å². The summed E-state index contributed by atoms with van der Waals surface area (Å²) < 4.78 is 18.7. The van der Waals surface area contributed by atoms with Crippen molar-refractivity contribution in [2.45, 2.75) is 0 Å². The number of furan rings is 1. The zero-order valence-corrected chi connectivity index (χ0v) is 68.5. The molecule has 0 aliphatic carbocycles. The Hall–Kier alpha value is -16.7. The minimum Gasteiger partial charge on any atom is -0.456 e. The molecule has 0 aliphatic heterocycles. The molecule has 0 aliphatic rings. The molecule has 20 aromatic carbocycles. The van der Waals surface area contributed by atoms with Crippen molar-refractivity contribution in [3.8, 4) is 67.8 Å². The average molecular weight is 1620 g/mol. The van der Waals surface area contributed by atoms with Gasteiger partial charge in [0.25, 0.3) is 0 Å². The molecule has 0 unspecified atom stereocenters. The summed E-state index contributed by atoms with van der Waals surface area (Å²) >= 11 is 1.83. The fourth-order valence-electron chi connectivity index (χ4n) is 20.6. The highest BCUT2D eigenvalue weighted by atomic mass is 32.1. The fourth-order valence-corrected chi connectivity index (χ4v) is 21.7. The van der Waals surface area contributed by atoms with Gasteiger partial charge in [0.2, 0.25) is 0 Å². The quantitative estimate of drug-likeness (QED) is 0.151. The van der Waals surface area contributed by atoms with Crippen molar-refractivity contribution in [1.82, 2.24) is 38.2 Å². The predicted octanol–water partition coefficient (Wildman–Crippen LogP) is 31.2. The number of aromatic nitrogens is 8. The van der Waals surface area contributed by atoms with Crippen LogP contribution in [-0.4, -0.2) is 38.2 Å². The summed E-state index contributed by atoms with van der Waals surface area (Å²) in [5, 5.41) is 24.4. The molecule has 0 spiro atoms. The Kier molecular flexibility index (Phi) is 15.3. The summed E-state index contributed by atoms with van der Waals surface area (Å²) in [5.74, 6) is 0. The minimum absolute atomic E-state index is 0.834. The van der Waals surface area contributed by atoms with E-state index in [2.05, 4.69) is 382 Å². The van der Waals surface area contributed by atoms with Gasteiger partial charge in [0.15, 0.2) is 0 Å². The molecule has 0 atom stereocenters. The van der Waals surface area contributed by atoms with Gasteiger partial charge in [-0.3, -0.25) is 0 Å². The van der Waals surface area contributed by atoms with Gasteiger partial charge < -0.3 is 22.7 Å². The van der Waals surface area contributed by atoms with Crippen LogP contribution in [0, 0.1) is 0 Å². The maximum atomic E-state index is 6.20. The summed E-state index contributed by atoms with van der Waals surface area (Å²) in [4.78, 5) is 21.2. The van der Waals surface area contributed by atoms with E-state index in [-0.39, 0.29) is 0 Å². The normalized spacial score (nSPS) is 12.1. The van der Waals surface area contributed by atoms with E-state index in [0.717, 1.165) is 122 Å². The van der Waals surface area contributed by atoms with E-state index in [9.17, 15) is 0 Å². The number of thiophene rings is 1. The van der Waals surface area contributed by atoms with Gasteiger partial charge in [-0.25, -0.2) is 19.9 Å². The van der Waals surface area contributed by atoms with Gasteiger partial charge in [0, 0.05) is 118 Å². The first-order chi connectivity index (χ1) is 62.5. The molecule has 28 rings (SSSR count). The first-order valence-corrected chi connectivity index (χ1v) is 43.6. The highest BCUT2D eigenvalue weighted by Crippen LogP contribution is 2.50. The summed E-state index contributed by atoms with van der Waals surface area (Å²) in [5.41, 5.74) is 26.6. The number of benzene rings is 20. The zero-order valence-electron chi connectivity index (χ0n) is 67.7. The lowest BCUT2D eigenvalue weighted by Crippen LogP contribution is -1.99. The molecular formula is C116H68N8OS. The third kappa shape index (κ3) is 10.5. The van der Waals surface area contributed by atoms with Gasteiger partial charge in [-0.05, 0) is 172 Å². The van der Waals surface area contributed by atoms with Crippen molar-refractivity contribution < 1.29 is 4.42 Å². The third-order valence-corrected chi connectivity index (χ3v) is 27.3. The number of nitrogens with zero attached hydrogens (tertiary/aromatic N) is 8. The molecule has 126 heavy (non-hydrogen) atoms. The minimum atomic E-state index is 0.834. The van der Waals surface area contributed by atoms with E-state index >= 15 is 0 Å². The lowest BCUT2D eigenvalue weighted by molar-refractivity contribution is 0.669. The molecule has 0 N–H and O–H groups in total. The number of hydrogen-bond acceptors (Lipinski definition) is 6. The number of hydrogen-bond donors (Lipinski definition) is 0. The van der Waals surface area contributed by atoms with Crippen molar-refractivity contribution in [3.63, 3.8) is 0 Å². The third-order valence-electron chi connectivity index (χ3n) is 26.1. The molecule has 0 fully saturated rings. The Morgan fingerprint density at radius 1 is 0.190 bits per heavy atom. The molecule has 28 aromatic rings. The SMILES string of the molecule is c1ccc2c(-n3c4ccccc4c4c5ccccc5ccc43)c3c4ccccc4n(-c4ccc(-c5nc6ccccc6nc5-c5ccc6oc7ccccc7c6c5)cc4)c3cc2c1.c1ccc2c(-n3c4ccccc4c4c5ccccc5ccc43)c3c4ccccc4n(-c4ccc(-c5nc6ccccc6nc5-c5ccc6sc7ccccc7c6c5)cc4)c3cc2c1. The van der Waals surface area contributed by atoms with Crippen LogP contribution in [0.2, 0.25) is 0 Å². The second kappa shape index (κ2) is 27.4. The molecule has 0 radical (unpaired) electrons. The van der Waals surface area contributed by atoms with Crippen molar-refractivity contribution in [1.29, 1.82) is 0 Å². The zero-order chi connectivity index (χ0) is 82.3. The Labute approximate surface area is 723 Å². The van der Waals surface area contributed by atoms with Crippen LogP contribution in [0.5, 0.6) is 0 Å². The highest BCUT2D eigenvalue weighted by Gasteiger charge is 2.28. The monoisotopic (exact) mass is 1620 g/mol. The van der Waals surface area contributed by atoms with Crippen LogP contribution in [0.25, 0.3) is 262 Å². The fraction of sp³-hybridized carbons (Fsp3) is 0. The predicted molar refractivity (Wildman–Crippen MR) is 528 cm³/mol. The van der Waals surface area contributed by atoms with E-state index in [1.165, 1.54) is 140 Å².